The van der Waals surface area contributed by atoms with E-state index in [9.17, 15) is 4.79 Å². The number of anilines is 3. The zero-order valence-electron chi connectivity index (χ0n) is 18.9. The second-order valence-electron chi connectivity index (χ2n) is 8.06. The lowest BCUT2D eigenvalue weighted by atomic mass is 9.91. The Morgan fingerprint density at radius 3 is 2.38 bits per heavy atom. The summed E-state index contributed by atoms with van der Waals surface area (Å²) in [6.45, 7) is 0. The summed E-state index contributed by atoms with van der Waals surface area (Å²) in [5.41, 5.74) is 14.9. The summed E-state index contributed by atoms with van der Waals surface area (Å²) in [5.74, 6) is 0.166. The molecular formula is C24H28N6O3S. The van der Waals surface area contributed by atoms with Crippen molar-refractivity contribution in [3.05, 3.63) is 60.3 Å². The smallest absolute Gasteiger partial charge is 0.254 e. The van der Waals surface area contributed by atoms with Gasteiger partial charge in [-0.25, -0.2) is 9.87 Å². The van der Waals surface area contributed by atoms with E-state index in [1.54, 1.807) is 0 Å². The first-order valence-corrected chi connectivity index (χ1v) is 11.8. The standard InChI is InChI=1S/C24H28N6O3S/c1-32-33-34-18-12-8-16(9-13-18)15-6-10-17(11-7-15)28-23-19(22(26)31)14-27-24(30-23)29-21-5-3-2-4-20(21)25/h6-14,20-21H,2-5,25H2,1H3,(H2,26,31)(H2,27,28,29,30)/t20-,21+/m0/s1. The molecule has 1 amide bonds. The van der Waals surface area contributed by atoms with Crippen LogP contribution in [-0.2, 0) is 9.22 Å². The minimum absolute atomic E-state index is 0.0530. The Morgan fingerprint density at radius 2 is 1.74 bits per heavy atom. The van der Waals surface area contributed by atoms with Crippen LogP contribution in [0.2, 0.25) is 0 Å². The highest BCUT2D eigenvalue weighted by atomic mass is 32.2. The number of nitrogens with one attached hydrogen (secondary N) is 2. The van der Waals surface area contributed by atoms with Gasteiger partial charge in [-0.05, 0) is 48.2 Å². The van der Waals surface area contributed by atoms with Crippen molar-refractivity contribution in [3.63, 3.8) is 0 Å². The van der Waals surface area contributed by atoms with Crippen LogP contribution < -0.4 is 22.1 Å². The van der Waals surface area contributed by atoms with Crippen LogP contribution in [0.5, 0.6) is 0 Å². The van der Waals surface area contributed by atoms with E-state index in [0.717, 1.165) is 59.4 Å². The van der Waals surface area contributed by atoms with Gasteiger partial charge in [0.05, 0.1) is 19.2 Å². The van der Waals surface area contributed by atoms with Crippen LogP contribution in [0.3, 0.4) is 0 Å². The fourth-order valence-corrected chi connectivity index (χ4v) is 4.28. The summed E-state index contributed by atoms with van der Waals surface area (Å²) in [4.78, 5) is 26.3. The molecule has 2 aromatic carbocycles. The van der Waals surface area contributed by atoms with Crippen molar-refractivity contribution < 1.29 is 14.0 Å². The molecule has 9 nitrogen and oxygen atoms in total. The Labute approximate surface area is 202 Å². The van der Waals surface area contributed by atoms with Crippen molar-refractivity contribution in [2.75, 3.05) is 17.7 Å². The summed E-state index contributed by atoms with van der Waals surface area (Å²) in [6, 6.07) is 15.9. The summed E-state index contributed by atoms with van der Waals surface area (Å²) in [5, 5.41) is 6.51. The highest BCUT2D eigenvalue weighted by molar-refractivity contribution is 7.94. The largest absolute Gasteiger partial charge is 0.365 e. The fourth-order valence-electron chi connectivity index (χ4n) is 3.89. The van der Waals surface area contributed by atoms with Gasteiger partial charge in [0.15, 0.2) is 0 Å². The predicted molar refractivity (Wildman–Crippen MR) is 134 cm³/mol. The second-order valence-corrected chi connectivity index (χ2v) is 8.84. The third-order valence-electron chi connectivity index (χ3n) is 5.72. The van der Waals surface area contributed by atoms with E-state index in [0.29, 0.717) is 11.8 Å². The molecule has 6 N–H and O–H groups in total. The molecule has 34 heavy (non-hydrogen) atoms. The van der Waals surface area contributed by atoms with Crippen LogP contribution in [-0.4, -0.2) is 35.1 Å². The molecular weight excluding hydrogens is 452 g/mol. The number of aromatic nitrogens is 2. The minimum Gasteiger partial charge on any atom is -0.365 e. The molecule has 0 spiro atoms. The number of hydrogen-bond acceptors (Lipinski definition) is 9. The Hall–Kier alpha value is -3.18. The van der Waals surface area contributed by atoms with E-state index in [4.69, 9.17) is 15.8 Å². The first-order valence-electron chi connectivity index (χ1n) is 11.1. The van der Waals surface area contributed by atoms with Crippen molar-refractivity contribution in [2.24, 2.45) is 11.5 Å². The highest BCUT2D eigenvalue weighted by Crippen LogP contribution is 2.27. The average molecular weight is 481 g/mol. The number of carbonyl (C=O) groups excluding carboxylic acids is 1. The molecule has 1 aliphatic carbocycles. The molecule has 0 bridgehead atoms. The topological polar surface area (TPSA) is 137 Å². The molecule has 1 fully saturated rings. The SMILES string of the molecule is COOSc1ccc(-c2ccc(Nc3nc(N[C@@H]4CCCC[C@@H]4N)ncc3C(N)=O)cc2)cc1. The van der Waals surface area contributed by atoms with E-state index >= 15 is 0 Å². The van der Waals surface area contributed by atoms with Gasteiger partial charge in [0.1, 0.15) is 11.4 Å². The van der Waals surface area contributed by atoms with E-state index in [1.165, 1.54) is 13.3 Å². The Kier molecular flexibility index (Phi) is 7.96. The predicted octanol–water partition coefficient (Wildman–Crippen LogP) is 4.25. The molecule has 1 heterocycles. The van der Waals surface area contributed by atoms with Crippen LogP contribution in [0, 0.1) is 0 Å². The number of rotatable bonds is 9. The number of primary amides is 1. The minimum atomic E-state index is -0.601. The maximum absolute atomic E-state index is 11.9. The molecule has 1 aliphatic rings. The fraction of sp³-hybridized carbons (Fsp3) is 0.292. The van der Waals surface area contributed by atoms with Gasteiger partial charge in [0.25, 0.3) is 5.91 Å². The molecule has 1 saturated carbocycles. The van der Waals surface area contributed by atoms with Crippen molar-refractivity contribution in [1.29, 1.82) is 0 Å². The van der Waals surface area contributed by atoms with Gasteiger partial charge in [0, 0.05) is 28.9 Å². The Morgan fingerprint density at radius 1 is 1.06 bits per heavy atom. The Bertz CT molecular complexity index is 1110. The lowest BCUT2D eigenvalue weighted by Gasteiger charge is -2.29. The van der Waals surface area contributed by atoms with Crippen LogP contribution in [0.1, 0.15) is 36.0 Å². The molecule has 2 atom stereocenters. The number of amides is 1. The van der Waals surface area contributed by atoms with Gasteiger partial charge in [-0.1, -0.05) is 37.1 Å². The molecule has 178 valence electrons. The lowest BCUT2D eigenvalue weighted by molar-refractivity contribution is -0.160. The molecule has 1 aromatic heterocycles. The summed E-state index contributed by atoms with van der Waals surface area (Å²) in [7, 11) is 1.47. The summed E-state index contributed by atoms with van der Waals surface area (Å²) >= 11 is 1.15. The van der Waals surface area contributed by atoms with Crippen molar-refractivity contribution >= 4 is 35.4 Å². The average Bonchev–Trinajstić information content (AvgIpc) is 2.85. The molecule has 10 heteroatoms. The first-order chi connectivity index (χ1) is 16.5. The maximum Gasteiger partial charge on any atom is 0.254 e. The van der Waals surface area contributed by atoms with Gasteiger partial charge < -0.3 is 22.1 Å². The van der Waals surface area contributed by atoms with Crippen LogP contribution in [0.25, 0.3) is 11.1 Å². The van der Waals surface area contributed by atoms with Crippen molar-refractivity contribution in [3.8, 4) is 11.1 Å². The quantitative estimate of drug-likeness (QED) is 0.201. The van der Waals surface area contributed by atoms with Crippen molar-refractivity contribution in [1.82, 2.24) is 9.97 Å². The van der Waals surface area contributed by atoms with Crippen LogP contribution >= 0.6 is 12.0 Å². The third-order valence-corrected chi connectivity index (χ3v) is 6.39. The van der Waals surface area contributed by atoms with E-state index in [1.807, 2.05) is 48.5 Å². The molecule has 0 radical (unpaired) electrons. The maximum atomic E-state index is 11.9. The van der Waals surface area contributed by atoms with E-state index in [2.05, 4.69) is 25.5 Å². The number of hydrogen-bond donors (Lipinski definition) is 4. The number of nitrogens with two attached hydrogens (primary N) is 2. The van der Waals surface area contributed by atoms with Gasteiger partial charge in [-0.2, -0.15) is 9.32 Å². The molecule has 4 rings (SSSR count). The van der Waals surface area contributed by atoms with Gasteiger partial charge in [-0.15, -0.1) is 0 Å². The first kappa shape index (κ1) is 24.0. The second kappa shape index (κ2) is 11.3. The Balaban J connectivity index is 1.49. The highest BCUT2D eigenvalue weighted by Gasteiger charge is 2.23. The van der Waals surface area contributed by atoms with Gasteiger partial charge >= 0.3 is 0 Å². The lowest BCUT2D eigenvalue weighted by Crippen LogP contribution is -2.43. The summed E-state index contributed by atoms with van der Waals surface area (Å²) in [6.07, 6.45) is 5.62. The summed E-state index contributed by atoms with van der Waals surface area (Å²) < 4.78 is 4.87. The molecule has 3 aromatic rings. The number of nitrogens with zero attached hydrogens (tertiary/aromatic N) is 2. The molecule has 0 saturated heterocycles. The number of carbonyl (C=O) groups is 1. The van der Waals surface area contributed by atoms with Gasteiger partial charge in [0.2, 0.25) is 5.95 Å². The van der Waals surface area contributed by atoms with Crippen LogP contribution in [0.4, 0.5) is 17.5 Å². The van der Waals surface area contributed by atoms with E-state index in [-0.39, 0.29) is 17.6 Å². The zero-order valence-corrected chi connectivity index (χ0v) is 19.7. The van der Waals surface area contributed by atoms with Gasteiger partial charge in [-0.3, -0.25) is 4.79 Å². The number of benzene rings is 2. The molecule has 0 unspecified atom stereocenters. The van der Waals surface area contributed by atoms with Crippen LogP contribution in [0.15, 0.2) is 59.6 Å². The zero-order chi connectivity index (χ0) is 23.9. The molecule has 0 aliphatic heterocycles. The normalized spacial score (nSPS) is 17.8. The monoisotopic (exact) mass is 480 g/mol. The third kappa shape index (κ3) is 6.03. The van der Waals surface area contributed by atoms with E-state index < -0.39 is 5.91 Å². The van der Waals surface area contributed by atoms with Crippen molar-refractivity contribution in [2.45, 2.75) is 42.7 Å².